The maximum atomic E-state index is 11.3. The Balaban J connectivity index is 1.64. The van der Waals surface area contributed by atoms with Crippen molar-refractivity contribution in [2.45, 2.75) is 37.8 Å². The molecule has 2 aromatic rings. The van der Waals surface area contributed by atoms with E-state index >= 15 is 0 Å². The van der Waals surface area contributed by atoms with E-state index in [0.29, 0.717) is 5.82 Å². The molecule has 0 unspecified atom stereocenters. The van der Waals surface area contributed by atoms with Crippen LogP contribution in [0.5, 0.6) is 0 Å². The fourth-order valence-electron chi connectivity index (χ4n) is 2.81. The van der Waals surface area contributed by atoms with E-state index in [1.807, 2.05) is 30.3 Å². The van der Waals surface area contributed by atoms with E-state index in [4.69, 9.17) is 0 Å². The normalized spacial score (nSPS) is 22.6. The molecule has 0 saturated heterocycles. The Morgan fingerprint density at radius 2 is 1.82 bits per heavy atom. The van der Waals surface area contributed by atoms with E-state index in [-0.39, 0.29) is 12.1 Å². The Labute approximate surface area is 129 Å². The van der Waals surface area contributed by atoms with Crippen LogP contribution in [-0.2, 0) is 10.0 Å². The summed E-state index contributed by atoms with van der Waals surface area (Å²) in [5.74, 6) is 0.622. The largest absolute Gasteiger partial charge is 0.213 e. The van der Waals surface area contributed by atoms with Crippen LogP contribution >= 0.6 is 0 Å². The van der Waals surface area contributed by atoms with Gasteiger partial charge < -0.3 is 0 Å². The van der Waals surface area contributed by atoms with Crippen molar-refractivity contribution in [1.29, 1.82) is 0 Å². The average molecular weight is 321 g/mol. The number of rotatable bonds is 4. The smallest absolute Gasteiger partial charge is 0.208 e. The number of aromatic nitrogens is 4. The number of nitrogens with one attached hydrogen (secondary N) is 1. The molecule has 1 aromatic heterocycles. The van der Waals surface area contributed by atoms with Gasteiger partial charge in [-0.05, 0) is 30.9 Å². The number of nitrogens with zero attached hydrogens (tertiary/aromatic N) is 4. The minimum atomic E-state index is -3.14. The van der Waals surface area contributed by atoms with Gasteiger partial charge in [-0.3, -0.25) is 0 Å². The number of tetrazole rings is 1. The summed E-state index contributed by atoms with van der Waals surface area (Å²) in [5, 5.41) is 12.7. The van der Waals surface area contributed by atoms with Crippen LogP contribution < -0.4 is 4.72 Å². The number of benzene rings is 1. The number of sulfonamides is 1. The summed E-state index contributed by atoms with van der Waals surface area (Å²) in [5.41, 5.74) is 0.946. The van der Waals surface area contributed by atoms with E-state index in [2.05, 4.69) is 20.1 Å². The fourth-order valence-corrected chi connectivity index (χ4v) is 3.65. The van der Waals surface area contributed by atoms with Gasteiger partial charge in [-0.2, -0.15) is 4.80 Å². The van der Waals surface area contributed by atoms with Gasteiger partial charge in [0.25, 0.3) is 0 Å². The standard InChI is InChI=1S/C14H19N5O2S/c1-22(20,21)17-12-7-9-13(10-8-12)19-16-14(15-18-19)11-5-3-2-4-6-11/h2-6,12-13,17H,7-10H2,1H3. The molecule has 0 amide bonds. The molecule has 0 atom stereocenters. The van der Waals surface area contributed by atoms with Crippen LogP contribution in [0.25, 0.3) is 11.4 Å². The van der Waals surface area contributed by atoms with Gasteiger partial charge in [0, 0.05) is 11.6 Å². The molecule has 22 heavy (non-hydrogen) atoms. The molecule has 1 heterocycles. The van der Waals surface area contributed by atoms with Crippen LogP contribution in [0.1, 0.15) is 31.7 Å². The first kappa shape index (κ1) is 15.1. The van der Waals surface area contributed by atoms with Gasteiger partial charge in [0.2, 0.25) is 15.8 Å². The molecule has 0 bridgehead atoms. The maximum Gasteiger partial charge on any atom is 0.208 e. The fraction of sp³-hybridized carbons (Fsp3) is 0.500. The van der Waals surface area contributed by atoms with Crippen molar-refractivity contribution in [3.63, 3.8) is 0 Å². The minimum absolute atomic E-state index is 0.0170. The second kappa shape index (κ2) is 6.13. The lowest BCUT2D eigenvalue weighted by Gasteiger charge is -2.27. The molecule has 1 saturated carbocycles. The molecule has 1 aromatic carbocycles. The highest BCUT2D eigenvalue weighted by molar-refractivity contribution is 7.88. The van der Waals surface area contributed by atoms with Crippen LogP contribution in [0, 0.1) is 0 Å². The summed E-state index contributed by atoms with van der Waals surface area (Å²) in [6.07, 6.45) is 4.47. The summed E-state index contributed by atoms with van der Waals surface area (Å²) in [7, 11) is -3.14. The maximum absolute atomic E-state index is 11.3. The van der Waals surface area contributed by atoms with Crippen molar-refractivity contribution < 1.29 is 8.42 Å². The van der Waals surface area contributed by atoms with Crippen LogP contribution in [0.4, 0.5) is 0 Å². The molecule has 3 rings (SSSR count). The highest BCUT2D eigenvalue weighted by Crippen LogP contribution is 2.28. The van der Waals surface area contributed by atoms with Crippen LogP contribution in [0.2, 0.25) is 0 Å². The Hall–Kier alpha value is -1.80. The zero-order valence-corrected chi connectivity index (χ0v) is 13.2. The summed E-state index contributed by atoms with van der Waals surface area (Å²) in [6, 6.07) is 9.94. The van der Waals surface area contributed by atoms with Gasteiger partial charge >= 0.3 is 0 Å². The molecule has 1 fully saturated rings. The second-order valence-corrected chi connectivity index (χ2v) is 7.47. The lowest BCUT2D eigenvalue weighted by atomic mass is 9.92. The lowest BCUT2D eigenvalue weighted by molar-refractivity contribution is 0.269. The van der Waals surface area contributed by atoms with Crippen molar-refractivity contribution in [2.75, 3.05) is 6.26 Å². The van der Waals surface area contributed by atoms with E-state index < -0.39 is 10.0 Å². The zero-order valence-electron chi connectivity index (χ0n) is 12.4. The highest BCUT2D eigenvalue weighted by Gasteiger charge is 2.25. The monoisotopic (exact) mass is 321 g/mol. The molecule has 0 radical (unpaired) electrons. The van der Waals surface area contributed by atoms with Gasteiger partial charge in [-0.1, -0.05) is 30.3 Å². The molecular formula is C14H19N5O2S. The van der Waals surface area contributed by atoms with Crippen molar-refractivity contribution in [2.24, 2.45) is 0 Å². The Kier molecular flexibility index (Phi) is 4.21. The van der Waals surface area contributed by atoms with Gasteiger partial charge in [-0.25, -0.2) is 13.1 Å². The Morgan fingerprint density at radius 1 is 1.14 bits per heavy atom. The van der Waals surface area contributed by atoms with Crippen molar-refractivity contribution in [3.05, 3.63) is 30.3 Å². The van der Waals surface area contributed by atoms with E-state index in [1.165, 1.54) is 6.26 Å². The molecule has 1 aliphatic rings. The summed E-state index contributed by atoms with van der Waals surface area (Å²) >= 11 is 0. The van der Waals surface area contributed by atoms with Crippen LogP contribution in [0.3, 0.4) is 0 Å². The predicted octanol–water partition coefficient (Wildman–Crippen LogP) is 1.37. The van der Waals surface area contributed by atoms with E-state index in [9.17, 15) is 8.42 Å². The van der Waals surface area contributed by atoms with E-state index in [0.717, 1.165) is 31.2 Å². The van der Waals surface area contributed by atoms with Crippen LogP contribution in [-0.4, -0.2) is 40.9 Å². The Morgan fingerprint density at radius 3 is 2.45 bits per heavy atom. The Bertz CT molecular complexity index is 721. The summed E-state index contributed by atoms with van der Waals surface area (Å²) in [4.78, 5) is 1.67. The summed E-state index contributed by atoms with van der Waals surface area (Å²) in [6.45, 7) is 0. The summed E-state index contributed by atoms with van der Waals surface area (Å²) < 4.78 is 25.2. The molecule has 7 nitrogen and oxygen atoms in total. The van der Waals surface area contributed by atoms with Crippen molar-refractivity contribution in [3.8, 4) is 11.4 Å². The highest BCUT2D eigenvalue weighted by atomic mass is 32.2. The predicted molar refractivity (Wildman–Crippen MR) is 82.5 cm³/mol. The molecule has 118 valence electrons. The number of hydrogen-bond acceptors (Lipinski definition) is 5. The molecule has 8 heteroatoms. The van der Waals surface area contributed by atoms with Gasteiger partial charge in [0.15, 0.2) is 0 Å². The topological polar surface area (TPSA) is 89.8 Å². The molecular weight excluding hydrogens is 302 g/mol. The van der Waals surface area contributed by atoms with Crippen molar-refractivity contribution in [1.82, 2.24) is 24.9 Å². The molecule has 1 aliphatic carbocycles. The minimum Gasteiger partial charge on any atom is -0.213 e. The second-order valence-electron chi connectivity index (χ2n) is 5.69. The van der Waals surface area contributed by atoms with Gasteiger partial charge in [0.05, 0.1) is 12.3 Å². The lowest BCUT2D eigenvalue weighted by Crippen LogP contribution is -2.37. The quantitative estimate of drug-likeness (QED) is 0.918. The number of hydrogen-bond donors (Lipinski definition) is 1. The molecule has 1 N–H and O–H groups in total. The van der Waals surface area contributed by atoms with Crippen molar-refractivity contribution >= 4 is 10.0 Å². The third-order valence-electron chi connectivity index (χ3n) is 3.86. The average Bonchev–Trinajstić information content (AvgIpc) is 2.97. The first-order chi connectivity index (χ1) is 10.5. The SMILES string of the molecule is CS(=O)(=O)NC1CCC(n2nnc(-c3ccccc3)n2)CC1. The van der Waals surface area contributed by atoms with Crippen LogP contribution in [0.15, 0.2) is 30.3 Å². The molecule has 0 aliphatic heterocycles. The van der Waals surface area contributed by atoms with E-state index in [1.54, 1.807) is 4.80 Å². The molecule has 0 spiro atoms. The van der Waals surface area contributed by atoms with Gasteiger partial charge in [-0.15, -0.1) is 10.2 Å². The third-order valence-corrected chi connectivity index (χ3v) is 4.63. The first-order valence-electron chi connectivity index (χ1n) is 7.33. The zero-order chi connectivity index (χ0) is 15.6. The van der Waals surface area contributed by atoms with Gasteiger partial charge in [0.1, 0.15) is 0 Å². The third kappa shape index (κ3) is 3.69. The first-order valence-corrected chi connectivity index (χ1v) is 9.22.